The van der Waals surface area contributed by atoms with E-state index < -0.39 is 0 Å². The number of aliphatic imine (C=N–C) groups is 1. The van der Waals surface area contributed by atoms with Crippen LogP contribution in [-0.4, -0.2) is 32.3 Å². The molecule has 0 spiro atoms. The monoisotopic (exact) mass is 438 g/mol. The second kappa shape index (κ2) is 8.70. The molecule has 0 amide bonds. The molecular formula is C27H30N6. The molecule has 0 fully saturated rings. The maximum absolute atomic E-state index is 4.96. The summed E-state index contributed by atoms with van der Waals surface area (Å²) in [7, 11) is 0. The van der Waals surface area contributed by atoms with Crippen molar-refractivity contribution in [2.24, 2.45) is 4.99 Å². The molecule has 0 unspecified atom stereocenters. The minimum absolute atomic E-state index is 0.313. The van der Waals surface area contributed by atoms with E-state index in [4.69, 9.17) is 10.1 Å². The van der Waals surface area contributed by atoms with Crippen molar-refractivity contribution in [3.63, 3.8) is 0 Å². The van der Waals surface area contributed by atoms with Crippen LogP contribution in [0.1, 0.15) is 55.6 Å². The summed E-state index contributed by atoms with van der Waals surface area (Å²) in [6, 6.07) is 11.0. The van der Waals surface area contributed by atoms with Gasteiger partial charge in [-0.25, -0.2) is 4.98 Å². The van der Waals surface area contributed by atoms with Crippen LogP contribution in [0.15, 0.2) is 59.9 Å². The Kier molecular flexibility index (Phi) is 5.58. The number of allylic oxidation sites excluding steroid dienone is 3. The molecule has 2 N–H and O–H groups in total. The number of aryl methyl sites for hydroxylation is 1. The summed E-state index contributed by atoms with van der Waals surface area (Å²) in [5.41, 5.74) is 7.82. The summed E-state index contributed by atoms with van der Waals surface area (Å²) >= 11 is 0. The minimum atomic E-state index is 0.313. The van der Waals surface area contributed by atoms with Crippen LogP contribution in [0.5, 0.6) is 0 Å². The number of fused-ring (bicyclic) bond motifs is 4. The number of anilines is 1. The molecule has 0 radical (unpaired) electrons. The van der Waals surface area contributed by atoms with Crippen molar-refractivity contribution in [1.82, 2.24) is 19.6 Å². The van der Waals surface area contributed by atoms with Crippen LogP contribution in [0.25, 0.3) is 22.1 Å². The predicted molar refractivity (Wildman–Crippen MR) is 137 cm³/mol. The van der Waals surface area contributed by atoms with Gasteiger partial charge in [0.15, 0.2) is 5.65 Å². The molecule has 1 aromatic carbocycles. The zero-order chi connectivity index (χ0) is 22.9. The van der Waals surface area contributed by atoms with E-state index in [1.165, 1.54) is 22.2 Å². The van der Waals surface area contributed by atoms with Crippen LogP contribution >= 0.6 is 0 Å². The van der Waals surface area contributed by atoms with E-state index in [2.05, 4.69) is 66.2 Å². The number of hydrogen-bond acceptors (Lipinski definition) is 4. The first-order valence-corrected chi connectivity index (χ1v) is 11.6. The molecule has 3 heterocycles. The number of aromatic nitrogens is 4. The van der Waals surface area contributed by atoms with Gasteiger partial charge in [-0.05, 0) is 50.5 Å². The lowest BCUT2D eigenvalue weighted by Crippen LogP contribution is -2.28. The lowest BCUT2D eigenvalue weighted by Gasteiger charge is -2.25. The van der Waals surface area contributed by atoms with Gasteiger partial charge in [0.1, 0.15) is 5.82 Å². The molecule has 1 aliphatic carbocycles. The molecule has 1 atom stereocenters. The SMILES string of the molecule is C=N/C=C(\C=C/C)c1cc(N[C@@H]2CCc3[nH]c4ccccc4c3C2)n2ncc(C(C)C)c2n1. The first kappa shape index (κ1) is 21.2. The van der Waals surface area contributed by atoms with Crippen LogP contribution in [0, 0.1) is 0 Å². The van der Waals surface area contributed by atoms with Gasteiger partial charge in [0.25, 0.3) is 0 Å². The molecule has 6 heteroatoms. The zero-order valence-corrected chi connectivity index (χ0v) is 19.5. The zero-order valence-electron chi connectivity index (χ0n) is 19.5. The molecular weight excluding hydrogens is 408 g/mol. The van der Waals surface area contributed by atoms with Crippen molar-refractivity contribution < 1.29 is 0 Å². The second-order valence-electron chi connectivity index (χ2n) is 9.00. The molecule has 168 valence electrons. The summed E-state index contributed by atoms with van der Waals surface area (Å²) in [6.45, 7) is 9.98. The Balaban J connectivity index is 1.56. The van der Waals surface area contributed by atoms with Crippen LogP contribution in [-0.2, 0) is 12.8 Å². The standard InChI is InChI=1S/C27H30N6/c1-5-8-18(15-28-4)25-14-26(33-27(32-25)22(16-29-33)17(2)3)30-19-11-12-24-21(13-19)20-9-6-7-10-23(20)31-24/h5-10,14-17,19,30-31H,4,11-13H2,1-3H3/b8-5-,18-15+/t19-/m1/s1. The maximum Gasteiger partial charge on any atom is 0.161 e. The third-order valence-corrected chi connectivity index (χ3v) is 6.44. The van der Waals surface area contributed by atoms with Crippen molar-refractivity contribution in [3.05, 3.63) is 77.4 Å². The number of para-hydroxylation sites is 1. The smallest absolute Gasteiger partial charge is 0.161 e. The van der Waals surface area contributed by atoms with E-state index in [1.54, 1.807) is 6.20 Å². The van der Waals surface area contributed by atoms with E-state index in [9.17, 15) is 0 Å². The summed E-state index contributed by atoms with van der Waals surface area (Å²) in [4.78, 5) is 12.6. The van der Waals surface area contributed by atoms with Gasteiger partial charge in [-0.15, -0.1) is 0 Å². The Labute approximate surface area is 194 Å². The molecule has 0 saturated carbocycles. The van der Waals surface area contributed by atoms with Gasteiger partial charge < -0.3 is 10.3 Å². The maximum atomic E-state index is 4.96. The number of nitrogens with zero attached hydrogens (tertiary/aromatic N) is 4. The normalized spacial score (nSPS) is 16.7. The van der Waals surface area contributed by atoms with Gasteiger partial charge in [0.2, 0.25) is 0 Å². The van der Waals surface area contributed by atoms with Crippen LogP contribution in [0.2, 0.25) is 0 Å². The average molecular weight is 439 g/mol. The molecule has 0 bridgehead atoms. The lowest BCUT2D eigenvalue weighted by molar-refractivity contribution is 0.603. The summed E-state index contributed by atoms with van der Waals surface area (Å²) in [5.74, 6) is 1.28. The van der Waals surface area contributed by atoms with Gasteiger partial charge in [0.05, 0.1) is 11.9 Å². The molecule has 4 aromatic rings. The molecule has 33 heavy (non-hydrogen) atoms. The third-order valence-electron chi connectivity index (χ3n) is 6.44. The molecule has 1 aliphatic rings. The Morgan fingerprint density at radius 2 is 2.18 bits per heavy atom. The molecule has 3 aromatic heterocycles. The van der Waals surface area contributed by atoms with E-state index in [-0.39, 0.29) is 0 Å². The number of H-pyrrole nitrogens is 1. The number of hydrogen-bond donors (Lipinski definition) is 2. The van der Waals surface area contributed by atoms with E-state index >= 15 is 0 Å². The van der Waals surface area contributed by atoms with Gasteiger partial charge in [-0.1, -0.05) is 44.2 Å². The summed E-state index contributed by atoms with van der Waals surface area (Å²) < 4.78 is 1.94. The Morgan fingerprint density at radius 1 is 1.33 bits per heavy atom. The van der Waals surface area contributed by atoms with Crippen molar-refractivity contribution in [1.29, 1.82) is 0 Å². The quantitative estimate of drug-likeness (QED) is 0.290. The largest absolute Gasteiger partial charge is 0.367 e. The lowest BCUT2D eigenvalue weighted by atomic mass is 9.91. The fourth-order valence-corrected chi connectivity index (χ4v) is 4.81. The number of benzene rings is 1. The number of rotatable bonds is 6. The molecule has 5 rings (SSSR count). The highest BCUT2D eigenvalue weighted by molar-refractivity contribution is 5.85. The average Bonchev–Trinajstić information content (AvgIpc) is 3.40. The molecule has 0 saturated heterocycles. The molecule has 0 aliphatic heterocycles. The van der Waals surface area contributed by atoms with E-state index in [0.717, 1.165) is 47.6 Å². The van der Waals surface area contributed by atoms with E-state index in [1.807, 2.05) is 29.8 Å². The highest BCUT2D eigenvalue weighted by atomic mass is 15.3. The van der Waals surface area contributed by atoms with Crippen molar-refractivity contribution in [2.45, 2.75) is 52.0 Å². The van der Waals surface area contributed by atoms with Crippen molar-refractivity contribution in [2.75, 3.05) is 5.32 Å². The number of nitrogens with one attached hydrogen (secondary N) is 2. The molecule has 6 nitrogen and oxygen atoms in total. The number of aromatic amines is 1. The minimum Gasteiger partial charge on any atom is -0.367 e. The Morgan fingerprint density at radius 3 is 2.97 bits per heavy atom. The van der Waals surface area contributed by atoms with Gasteiger partial charge in [-0.3, -0.25) is 4.99 Å². The fraction of sp³-hybridized carbons (Fsp3) is 0.296. The van der Waals surface area contributed by atoms with Gasteiger partial charge in [0, 0.05) is 46.0 Å². The van der Waals surface area contributed by atoms with Crippen molar-refractivity contribution >= 4 is 34.7 Å². The van der Waals surface area contributed by atoms with Gasteiger partial charge in [-0.2, -0.15) is 9.61 Å². The summed E-state index contributed by atoms with van der Waals surface area (Å²) in [6.07, 6.45) is 10.8. The fourth-order valence-electron chi connectivity index (χ4n) is 4.81. The van der Waals surface area contributed by atoms with Crippen molar-refractivity contribution in [3.8, 4) is 0 Å². The van der Waals surface area contributed by atoms with E-state index in [0.29, 0.717) is 12.0 Å². The first-order chi connectivity index (χ1) is 16.1. The Bertz CT molecular complexity index is 1380. The Hall–Kier alpha value is -3.67. The highest BCUT2D eigenvalue weighted by Gasteiger charge is 2.24. The summed E-state index contributed by atoms with van der Waals surface area (Å²) in [5, 5.41) is 9.82. The van der Waals surface area contributed by atoms with Crippen LogP contribution in [0.4, 0.5) is 5.82 Å². The van der Waals surface area contributed by atoms with Crippen LogP contribution in [0.3, 0.4) is 0 Å². The van der Waals surface area contributed by atoms with Gasteiger partial charge >= 0.3 is 0 Å². The predicted octanol–water partition coefficient (Wildman–Crippen LogP) is 5.92. The van der Waals surface area contributed by atoms with Crippen LogP contribution < -0.4 is 5.32 Å². The topological polar surface area (TPSA) is 70.4 Å². The second-order valence-corrected chi connectivity index (χ2v) is 9.00. The third kappa shape index (κ3) is 3.86. The first-order valence-electron chi connectivity index (χ1n) is 11.6. The highest BCUT2D eigenvalue weighted by Crippen LogP contribution is 2.31.